The van der Waals surface area contributed by atoms with Crippen LogP contribution in [0.1, 0.15) is 17.1 Å². The van der Waals surface area contributed by atoms with Gasteiger partial charge in [0, 0.05) is 29.6 Å². The molecule has 4 rings (SSSR count). The number of H-pyrrole nitrogens is 2. The Labute approximate surface area is 198 Å². The highest BCUT2D eigenvalue weighted by molar-refractivity contribution is 7.99. The van der Waals surface area contributed by atoms with E-state index >= 15 is 0 Å². The van der Waals surface area contributed by atoms with Crippen molar-refractivity contribution < 1.29 is 9.53 Å². The van der Waals surface area contributed by atoms with Crippen molar-refractivity contribution in [1.29, 1.82) is 0 Å². The lowest BCUT2D eigenvalue weighted by molar-refractivity contribution is -0.113. The first-order valence-corrected chi connectivity index (χ1v) is 11.3. The number of aromatic nitrogens is 5. The van der Waals surface area contributed by atoms with Crippen LogP contribution in [0, 0.1) is 6.92 Å². The molecular formula is C23H22N6O4S. The minimum absolute atomic E-state index is 0.115. The van der Waals surface area contributed by atoms with Crippen molar-refractivity contribution in [3.8, 4) is 11.4 Å². The van der Waals surface area contributed by atoms with Crippen LogP contribution in [0.25, 0.3) is 5.69 Å². The summed E-state index contributed by atoms with van der Waals surface area (Å²) >= 11 is 1.23. The Balaban J connectivity index is 1.60. The first-order chi connectivity index (χ1) is 16.4. The van der Waals surface area contributed by atoms with Crippen molar-refractivity contribution in [2.75, 3.05) is 18.2 Å². The van der Waals surface area contributed by atoms with Crippen LogP contribution in [0.15, 0.2) is 69.3 Å². The van der Waals surface area contributed by atoms with E-state index in [1.807, 2.05) is 43.3 Å². The summed E-state index contributed by atoms with van der Waals surface area (Å²) < 4.78 is 7.02. The molecule has 0 spiro atoms. The molecule has 0 aliphatic carbocycles. The van der Waals surface area contributed by atoms with Gasteiger partial charge in [0.2, 0.25) is 5.91 Å². The molecule has 174 valence electrons. The number of hydrogen-bond donors (Lipinski definition) is 3. The molecule has 2 aromatic heterocycles. The topological polar surface area (TPSA) is 135 Å². The third-order valence-electron chi connectivity index (χ3n) is 4.83. The van der Waals surface area contributed by atoms with Crippen molar-refractivity contribution in [2.45, 2.75) is 18.5 Å². The average Bonchev–Trinajstić information content (AvgIpc) is 3.19. The van der Waals surface area contributed by atoms with Gasteiger partial charge in [-0.2, -0.15) is 0 Å². The molecule has 1 amide bonds. The van der Waals surface area contributed by atoms with Crippen LogP contribution >= 0.6 is 11.8 Å². The molecule has 34 heavy (non-hydrogen) atoms. The molecule has 0 radical (unpaired) electrons. The summed E-state index contributed by atoms with van der Waals surface area (Å²) in [5.41, 5.74) is 1.81. The summed E-state index contributed by atoms with van der Waals surface area (Å²) in [6.45, 7) is 1.96. The van der Waals surface area contributed by atoms with Gasteiger partial charge in [-0.1, -0.05) is 23.9 Å². The largest absolute Gasteiger partial charge is 0.497 e. The lowest BCUT2D eigenvalue weighted by atomic mass is 10.2. The number of aryl methyl sites for hydroxylation is 1. The average molecular weight is 479 g/mol. The van der Waals surface area contributed by atoms with Crippen LogP contribution in [-0.2, 0) is 11.2 Å². The van der Waals surface area contributed by atoms with E-state index in [9.17, 15) is 14.4 Å². The third kappa shape index (κ3) is 5.62. The number of nitrogens with zero attached hydrogens (tertiary/aromatic N) is 3. The van der Waals surface area contributed by atoms with Gasteiger partial charge < -0.3 is 15.0 Å². The number of anilines is 1. The molecule has 2 heterocycles. The first-order valence-electron chi connectivity index (χ1n) is 10.3. The van der Waals surface area contributed by atoms with Crippen LogP contribution < -0.4 is 21.3 Å². The number of nitrogens with one attached hydrogen (secondary N) is 3. The van der Waals surface area contributed by atoms with Crippen molar-refractivity contribution in [1.82, 2.24) is 24.7 Å². The molecule has 3 N–H and O–H groups in total. The number of amides is 1. The number of hydrogen-bond acceptors (Lipinski definition) is 7. The second-order valence-electron chi connectivity index (χ2n) is 7.43. The van der Waals surface area contributed by atoms with Gasteiger partial charge in [-0.15, -0.1) is 10.2 Å². The van der Waals surface area contributed by atoms with Gasteiger partial charge in [-0.3, -0.25) is 19.1 Å². The minimum Gasteiger partial charge on any atom is -0.497 e. The Hall–Kier alpha value is -4.12. The summed E-state index contributed by atoms with van der Waals surface area (Å²) in [4.78, 5) is 40.6. The third-order valence-corrected chi connectivity index (χ3v) is 5.76. The molecule has 4 aromatic rings. The van der Waals surface area contributed by atoms with Crippen LogP contribution in [0.3, 0.4) is 0 Å². The van der Waals surface area contributed by atoms with Crippen LogP contribution in [0.5, 0.6) is 5.75 Å². The monoisotopic (exact) mass is 478 g/mol. The van der Waals surface area contributed by atoms with Gasteiger partial charge in [-0.05, 0) is 48.9 Å². The first kappa shape index (κ1) is 23.1. The van der Waals surface area contributed by atoms with Gasteiger partial charge >= 0.3 is 5.69 Å². The van der Waals surface area contributed by atoms with E-state index in [-0.39, 0.29) is 18.1 Å². The normalized spacial score (nSPS) is 10.8. The van der Waals surface area contributed by atoms with Crippen molar-refractivity contribution >= 4 is 23.4 Å². The second-order valence-corrected chi connectivity index (χ2v) is 8.37. The number of benzene rings is 2. The number of aromatic amines is 2. The maximum Gasteiger partial charge on any atom is 0.325 e. The summed E-state index contributed by atoms with van der Waals surface area (Å²) in [5, 5.41) is 11.9. The van der Waals surface area contributed by atoms with E-state index in [0.717, 1.165) is 16.9 Å². The standard InChI is InChI=1S/C23H22N6O4S/c1-14-4-3-5-15(10-14)24-21(31)13-34-23-28-27-19(11-16-12-20(30)26-22(32)25-16)29(23)17-6-8-18(33-2)9-7-17/h3-10,12H,11,13H2,1-2H3,(H,24,31)(H2,25,26,30,32). The van der Waals surface area contributed by atoms with E-state index in [4.69, 9.17) is 4.74 Å². The maximum atomic E-state index is 12.5. The molecule has 0 aliphatic rings. The molecular weight excluding hydrogens is 456 g/mol. The fourth-order valence-electron chi connectivity index (χ4n) is 3.33. The van der Waals surface area contributed by atoms with Crippen LogP contribution in [-0.4, -0.2) is 43.5 Å². The quantitative estimate of drug-likeness (QED) is 0.331. The zero-order valence-electron chi connectivity index (χ0n) is 18.5. The summed E-state index contributed by atoms with van der Waals surface area (Å²) in [6, 6.07) is 16.1. The lowest BCUT2D eigenvalue weighted by Crippen LogP contribution is -2.23. The number of ether oxygens (including phenoxy) is 1. The van der Waals surface area contributed by atoms with E-state index < -0.39 is 11.2 Å². The van der Waals surface area contributed by atoms with Gasteiger partial charge in [0.25, 0.3) is 5.56 Å². The number of methoxy groups -OCH3 is 1. The minimum atomic E-state index is -0.597. The van der Waals surface area contributed by atoms with E-state index in [1.54, 1.807) is 23.8 Å². The van der Waals surface area contributed by atoms with Crippen molar-refractivity contribution in [3.63, 3.8) is 0 Å². The highest BCUT2D eigenvalue weighted by Gasteiger charge is 2.17. The predicted molar refractivity (Wildman–Crippen MR) is 129 cm³/mol. The Morgan fingerprint density at radius 2 is 1.88 bits per heavy atom. The summed E-state index contributed by atoms with van der Waals surface area (Å²) in [6.07, 6.45) is 0.161. The SMILES string of the molecule is COc1ccc(-n2c(Cc3cc(=O)[nH]c(=O)[nH]3)nnc2SCC(=O)Nc2cccc(C)c2)cc1. The molecule has 2 aromatic carbocycles. The summed E-state index contributed by atoms with van der Waals surface area (Å²) in [5.74, 6) is 1.11. The molecule has 0 aliphatic heterocycles. The Morgan fingerprint density at radius 3 is 2.59 bits per heavy atom. The fraction of sp³-hybridized carbons (Fsp3) is 0.174. The van der Waals surface area contributed by atoms with Gasteiger partial charge in [0.15, 0.2) is 5.16 Å². The van der Waals surface area contributed by atoms with Gasteiger partial charge in [0.05, 0.1) is 12.9 Å². The molecule has 11 heteroatoms. The van der Waals surface area contributed by atoms with Crippen LogP contribution in [0.2, 0.25) is 0 Å². The molecule has 0 atom stereocenters. The predicted octanol–water partition coefficient (Wildman–Crippen LogP) is 2.28. The molecule has 0 fully saturated rings. The number of carbonyl (C=O) groups excluding carboxylic acids is 1. The van der Waals surface area contributed by atoms with E-state index in [2.05, 4.69) is 25.5 Å². The Bertz CT molecular complexity index is 1400. The maximum absolute atomic E-state index is 12.5. The second kappa shape index (κ2) is 10.2. The van der Waals surface area contributed by atoms with Gasteiger partial charge in [0.1, 0.15) is 11.6 Å². The van der Waals surface area contributed by atoms with E-state index in [1.165, 1.54) is 17.8 Å². The molecule has 0 saturated carbocycles. The molecule has 10 nitrogen and oxygen atoms in total. The Morgan fingerprint density at radius 1 is 1.09 bits per heavy atom. The van der Waals surface area contributed by atoms with Gasteiger partial charge in [-0.25, -0.2) is 4.79 Å². The number of carbonyl (C=O) groups is 1. The zero-order chi connectivity index (χ0) is 24.1. The van der Waals surface area contributed by atoms with E-state index in [0.29, 0.717) is 22.4 Å². The molecule has 0 bridgehead atoms. The number of thioether (sulfide) groups is 1. The molecule has 0 saturated heterocycles. The highest BCUT2D eigenvalue weighted by atomic mass is 32.2. The van der Waals surface area contributed by atoms with Crippen molar-refractivity contribution in [2.24, 2.45) is 0 Å². The highest BCUT2D eigenvalue weighted by Crippen LogP contribution is 2.25. The van der Waals surface area contributed by atoms with Crippen LogP contribution in [0.4, 0.5) is 5.69 Å². The van der Waals surface area contributed by atoms with Crippen molar-refractivity contribution in [3.05, 3.63) is 92.5 Å². The lowest BCUT2D eigenvalue weighted by Gasteiger charge is -2.11. The smallest absolute Gasteiger partial charge is 0.325 e. The zero-order valence-corrected chi connectivity index (χ0v) is 19.3. The number of rotatable bonds is 8. The fourth-order valence-corrected chi connectivity index (χ4v) is 4.10. The summed E-state index contributed by atoms with van der Waals surface area (Å²) in [7, 11) is 1.58. The molecule has 0 unspecified atom stereocenters. The Kier molecular flexibility index (Phi) is 6.93.